The second-order valence-corrected chi connectivity index (χ2v) is 14.9. The lowest BCUT2D eigenvalue weighted by Crippen LogP contribution is -2.53. The fourth-order valence-corrected chi connectivity index (χ4v) is 5.77. The Hall–Kier alpha value is -3.08. The van der Waals surface area contributed by atoms with Crippen LogP contribution in [0.2, 0.25) is 0 Å². The van der Waals surface area contributed by atoms with Crippen molar-refractivity contribution < 1.29 is 19.7 Å². The van der Waals surface area contributed by atoms with Crippen LogP contribution in [-0.2, 0) is 0 Å². The number of hydrogen-bond donors (Lipinski definition) is 2. The standard InChI is InChI=1S/C38H48O4/c1-21(2)23-11-13-31-27(15-23)25(19-33(41-31)37(5,6)7)17-29-35(39)30(36(29)40)18-26-20-34(38(8,9)10)42-32-14-12-24(22(3)4)16-28(26)32/h11-22,29-30,35-36,39-40H,1-10H3/b25-17+,26-18+. The third kappa shape index (κ3) is 5.76. The van der Waals surface area contributed by atoms with Gasteiger partial charge in [-0.1, -0.05) is 93.5 Å². The molecule has 5 rings (SSSR count). The van der Waals surface area contributed by atoms with Crippen LogP contribution in [-0.4, -0.2) is 22.4 Å². The van der Waals surface area contributed by atoms with Gasteiger partial charge >= 0.3 is 0 Å². The second kappa shape index (κ2) is 10.9. The first-order valence-electron chi connectivity index (χ1n) is 15.4. The van der Waals surface area contributed by atoms with E-state index in [2.05, 4.69) is 106 Å². The largest absolute Gasteiger partial charge is 0.461 e. The van der Waals surface area contributed by atoms with Crippen molar-refractivity contribution in [1.29, 1.82) is 0 Å². The van der Waals surface area contributed by atoms with E-state index in [4.69, 9.17) is 9.47 Å². The van der Waals surface area contributed by atoms with Crippen LogP contribution in [0.3, 0.4) is 0 Å². The predicted molar refractivity (Wildman–Crippen MR) is 172 cm³/mol. The Balaban J connectivity index is 1.52. The smallest absolute Gasteiger partial charge is 0.134 e. The van der Waals surface area contributed by atoms with E-state index >= 15 is 0 Å². The van der Waals surface area contributed by atoms with Crippen LogP contribution in [0.4, 0.5) is 0 Å². The van der Waals surface area contributed by atoms with Crippen LogP contribution in [0.15, 0.2) is 72.2 Å². The Morgan fingerprint density at radius 2 is 0.976 bits per heavy atom. The van der Waals surface area contributed by atoms with E-state index in [9.17, 15) is 10.2 Å². The van der Waals surface area contributed by atoms with Gasteiger partial charge in [0, 0.05) is 33.8 Å². The monoisotopic (exact) mass is 568 g/mol. The summed E-state index contributed by atoms with van der Waals surface area (Å²) in [6.07, 6.45) is 6.84. The molecule has 0 bridgehead atoms. The minimum atomic E-state index is -0.711. The van der Waals surface area contributed by atoms with Gasteiger partial charge in [0.25, 0.3) is 0 Å². The van der Waals surface area contributed by atoms with Crippen molar-refractivity contribution >= 4 is 11.1 Å². The highest BCUT2D eigenvalue weighted by molar-refractivity contribution is 5.82. The lowest BCUT2D eigenvalue weighted by atomic mass is 9.67. The van der Waals surface area contributed by atoms with Gasteiger partial charge in [-0.05, 0) is 70.5 Å². The molecule has 3 aliphatic rings. The lowest BCUT2D eigenvalue weighted by molar-refractivity contribution is -0.109. The van der Waals surface area contributed by atoms with Gasteiger partial charge in [0.2, 0.25) is 0 Å². The average Bonchev–Trinajstić information content (AvgIpc) is 2.92. The molecule has 1 aliphatic carbocycles. The normalized spacial score (nSPS) is 25.9. The number of ether oxygens (including phenoxy) is 2. The van der Waals surface area contributed by atoms with Gasteiger partial charge in [0.15, 0.2) is 0 Å². The SMILES string of the molecule is CC(C)c1ccc2c(c1)/C(=C/C1C(O)C(/C=C3\C=C(C(C)(C)C)Oc4ccc(C(C)C)cc43)C1O)C=C(C(C)(C)C)O2. The van der Waals surface area contributed by atoms with Crippen LogP contribution in [0.1, 0.15) is 103 Å². The molecule has 2 heterocycles. The Kier molecular flexibility index (Phi) is 7.87. The zero-order valence-corrected chi connectivity index (χ0v) is 26.9. The molecule has 0 unspecified atom stereocenters. The van der Waals surface area contributed by atoms with E-state index in [1.54, 1.807) is 0 Å². The molecular weight excluding hydrogens is 520 g/mol. The van der Waals surface area contributed by atoms with E-state index < -0.39 is 12.2 Å². The molecule has 4 nitrogen and oxygen atoms in total. The average molecular weight is 569 g/mol. The van der Waals surface area contributed by atoms with Crippen LogP contribution in [0.5, 0.6) is 11.5 Å². The zero-order chi connectivity index (χ0) is 30.7. The minimum Gasteiger partial charge on any atom is -0.461 e. The molecule has 2 N–H and O–H groups in total. The highest BCUT2D eigenvalue weighted by atomic mass is 16.5. The summed E-state index contributed by atoms with van der Waals surface area (Å²) in [5.74, 6) is 3.37. The Bertz CT molecular complexity index is 1360. The van der Waals surface area contributed by atoms with E-state index in [-0.39, 0.29) is 22.7 Å². The molecule has 2 aromatic carbocycles. The van der Waals surface area contributed by atoms with Crippen LogP contribution in [0, 0.1) is 22.7 Å². The second-order valence-electron chi connectivity index (χ2n) is 14.9. The molecule has 2 aromatic rings. The highest BCUT2D eigenvalue weighted by Gasteiger charge is 2.47. The molecule has 1 fully saturated rings. The number of hydrogen-bond acceptors (Lipinski definition) is 4. The first-order chi connectivity index (χ1) is 19.5. The summed E-state index contributed by atoms with van der Waals surface area (Å²) in [5, 5.41) is 23.0. The maximum absolute atomic E-state index is 11.5. The number of aliphatic hydroxyl groups is 2. The van der Waals surface area contributed by atoms with Crippen molar-refractivity contribution in [2.75, 3.05) is 0 Å². The number of fused-ring (bicyclic) bond motifs is 2. The molecular formula is C38H48O4. The molecule has 0 radical (unpaired) electrons. The maximum Gasteiger partial charge on any atom is 0.134 e. The molecule has 0 atom stereocenters. The number of allylic oxidation sites excluding steroid dienone is 6. The predicted octanol–water partition coefficient (Wildman–Crippen LogP) is 9.01. The van der Waals surface area contributed by atoms with Crippen LogP contribution < -0.4 is 9.47 Å². The summed E-state index contributed by atoms with van der Waals surface area (Å²) in [6, 6.07) is 12.7. The quantitative estimate of drug-likeness (QED) is 0.386. The summed E-state index contributed by atoms with van der Waals surface area (Å²) >= 11 is 0. The van der Waals surface area contributed by atoms with Crippen LogP contribution >= 0.6 is 0 Å². The van der Waals surface area contributed by atoms with Crippen molar-refractivity contribution in [1.82, 2.24) is 0 Å². The van der Waals surface area contributed by atoms with Crippen molar-refractivity contribution in [2.24, 2.45) is 22.7 Å². The number of aliphatic hydroxyl groups excluding tert-OH is 2. The van der Waals surface area contributed by atoms with E-state index in [1.807, 2.05) is 24.3 Å². The zero-order valence-electron chi connectivity index (χ0n) is 26.9. The molecule has 2 aliphatic heterocycles. The minimum absolute atomic E-state index is 0.181. The topological polar surface area (TPSA) is 58.9 Å². The van der Waals surface area contributed by atoms with Gasteiger partial charge in [-0.3, -0.25) is 0 Å². The third-order valence-electron chi connectivity index (χ3n) is 8.78. The van der Waals surface area contributed by atoms with Crippen molar-refractivity contribution in [2.45, 2.75) is 93.3 Å². The summed E-state index contributed by atoms with van der Waals surface area (Å²) in [7, 11) is 0. The fourth-order valence-electron chi connectivity index (χ4n) is 5.77. The van der Waals surface area contributed by atoms with Gasteiger partial charge in [-0.15, -0.1) is 0 Å². The van der Waals surface area contributed by atoms with Crippen molar-refractivity contribution in [3.8, 4) is 11.5 Å². The molecule has 4 heteroatoms. The Morgan fingerprint density at radius 3 is 1.29 bits per heavy atom. The molecule has 0 amide bonds. The van der Waals surface area contributed by atoms with E-state index in [0.29, 0.717) is 11.8 Å². The van der Waals surface area contributed by atoms with Crippen molar-refractivity contribution in [3.63, 3.8) is 0 Å². The first-order valence-corrected chi connectivity index (χ1v) is 15.4. The molecule has 0 saturated heterocycles. The van der Waals surface area contributed by atoms with Gasteiger partial charge < -0.3 is 19.7 Å². The first kappa shape index (κ1) is 30.4. The van der Waals surface area contributed by atoms with Crippen LogP contribution in [0.25, 0.3) is 11.1 Å². The summed E-state index contributed by atoms with van der Waals surface area (Å²) in [4.78, 5) is 0. The molecule has 0 spiro atoms. The summed E-state index contributed by atoms with van der Waals surface area (Å²) < 4.78 is 12.7. The van der Waals surface area contributed by atoms with Gasteiger partial charge in [0.05, 0.1) is 12.2 Å². The molecule has 0 aromatic heterocycles. The van der Waals surface area contributed by atoms with Gasteiger partial charge in [0.1, 0.15) is 23.0 Å². The Morgan fingerprint density at radius 1 is 0.619 bits per heavy atom. The van der Waals surface area contributed by atoms with Gasteiger partial charge in [-0.2, -0.15) is 0 Å². The molecule has 224 valence electrons. The summed E-state index contributed by atoms with van der Waals surface area (Å²) in [5.41, 5.74) is 6.10. The highest BCUT2D eigenvalue weighted by Crippen LogP contribution is 2.47. The molecule has 42 heavy (non-hydrogen) atoms. The lowest BCUT2D eigenvalue weighted by Gasteiger charge is -2.44. The summed E-state index contributed by atoms with van der Waals surface area (Å²) in [6.45, 7) is 21.5. The maximum atomic E-state index is 11.5. The molecule has 1 saturated carbocycles. The number of rotatable bonds is 4. The van der Waals surface area contributed by atoms with Gasteiger partial charge in [-0.25, -0.2) is 0 Å². The van der Waals surface area contributed by atoms with E-state index in [0.717, 1.165) is 45.3 Å². The third-order valence-corrected chi connectivity index (χ3v) is 8.78. The van der Waals surface area contributed by atoms with E-state index in [1.165, 1.54) is 11.1 Å². The number of benzene rings is 2. The Labute approximate surface area is 252 Å². The van der Waals surface area contributed by atoms with Crippen molar-refractivity contribution in [3.05, 3.63) is 94.5 Å². The fraction of sp³-hybridized carbons (Fsp3) is 0.474.